The highest BCUT2D eigenvalue weighted by molar-refractivity contribution is 6.20. The number of hydrogen-bond acceptors (Lipinski definition) is 1. The van der Waals surface area contributed by atoms with Crippen LogP contribution in [-0.2, 0) is 10.3 Å². The summed E-state index contributed by atoms with van der Waals surface area (Å²) in [6, 6.07) is 10.4. The van der Waals surface area contributed by atoms with E-state index in [1.807, 2.05) is 6.07 Å². The summed E-state index contributed by atoms with van der Waals surface area (Å²) in [6.45, 7) is 2.94. The van der Waals surface area contributed by atoms with Gasteiger partial charge in [0.2, 0.25) is 0 Å². The van der Waals surface area contributed by atoms with Gasteiger partial charge in [-0.05, 0) is 24.8 Å². The van der Waals surface area contributed by atoms with E-state index in [0.717, 1.165) is 25.9 Å². The first-order valence-electron chi connectivity index (χ1n) is 5.60. The first-order valence-corrected chi connectivity index (χ1v) is 6.04. The number of benzene rings is 1. The van der Waals surface area contributed by atoms with Crippen LogP contribution in [-0.4, -0.2) is 12.0 Å². The normalized spacial score (nSPS) is 31.5. The van der Waals surface area contributed by atoms with Gasteiger partial charge in [-0.3, -0.25) is 0 Å². The van der Waals surface area contributed by atoms with Gasteiger partial charge < -0.3 is 4.74 Å². The molecule has 1 saturated heterocycles. The highest BCUT2D eigenvalue weighted by atomic mass is 35.5. The number of ether oxygens (including phenoxy) is 1. The summed E-state index contributed by atoms with van der Waals surface area (Å²) in [5.41, 5.74) is 1.12. The Labute approximate surface area is 96.4 Å². The largest absolute Gasteiger partial charge is 0.370 e. The third kappa shape index (κ3) is 2.19. The van der Waals surface area contributed by atoms with E-state index in [1.54, 1.807) is 0 Å². The quantitative estimate of drug-likeness (QED) is 0.696. The molecule has 0 N–H and O–H groups in total. The van der Waals surface area contributed by atoms with Gasteiger partial charge in [0.1, 0.15) is 0 Å². The van der Waals surface area contributed by atoms with Gasteiger partial charge in [-0.25, -0.2) is 0 Å². The van der Waals surface area contributed by atoms with Gasteiger partial charge in [-0.15, -0.1) is 11.6 Å². The molecular formula is C13H17ClO. The number of hydrogen-bond donors (Lipinski definition) is 0. The molecule has 0 aliphatic carbocycles. The van der Waals surface area contributed by atoms with Crippen LogP contribution >= 0.6 is 11.6 Å². The Bertz CT molecular complexity index is 312. The van der Waals surface area contributed by atoms with Crippen molar-refractivity contribution in [3.63, 3.8) is 0 Å². The van der Waals surface area contributed by atoms with Gasteiger partial charge >= 0.3 is 0 Å². The van der Waals surface area contributed by atoms with Crippen LogP contribution in [0.4, 0.5) is 0 Å². The lowest BCUT2D eigenvalue weighted by Crippen LogP contribution is -2.37. The molecule has 0 bridgehead atoms. The average Bonchev–Trinajstić information content (AvgIpc) is 2.30. The zero-order chi connectivity index (χ0) is 10.7. The van der Waals surface area contributed by atoms with Crippen LogP contribution in [0.5, 0.6) is 0 Å². The number of rotatable bonds is 2. The smallest absolute Gasteiger partial charge is 0.0942 e. The lowest BCUT2D eigenvalue weighted by molar-refractivity contribution is -0.0847. The summed E-state index contributed by atoms with van der Waals surface area (Å²) in [6.07, 6.45) is 2.88. The van der Waals surface area contributed by atoms with E-state index in [9.17, 15) is 0 Å². The van der Waals surface area contributed by atoms with Crippen LogP contribution in [0, 0.1) is 0 Å². The van der Waals surface area contributed by atoms with E-state index in [-0.39, 0.29) is 11.0 Å². The molecule has 1 aliphatic heterocycles. The highest BCUT2D eigenvalue weighted by Crippen LogP contribution is 2.39. The van der Waals surface area contributed by atoms with Gasteiger partial charge in [-0.2, -0.15) is 0 Å². The van der Waals surface area contributed by atoms with Crippen LogP contribution in [0.25, 0.3) is 0 Å². The molecule has 2 heteroatoms. The van der Waals surface area contributed by atoms with Gasteiger partial charge in [-0.1, -0.05) is 37.3 Å². The Kier molecular flexibility index (Phi) is 3.32. The van der Waals surface area contributed by atoms with Crippen LogP contribution < -0.4 is 0 Å². The maximum Gasteiger partial charge on any atom is 0.0942 e. The summed E-state index contributed by atoms with van der Waals surface area (Å²) in [5, 5.41) is 0.249. The maximum absolute atomic E-state index is 6.25. The van der Waals surface area contributed by atoms with Crippen molar-refractivity contribution < 1.29 is 4.74 Å². The molecule has 2 unspecified atom stereocenters. The number of halogens is 1. The van der Waals surface area contributed by atoms with Crippen molar-refractivity contribution in [3.8, 4) is 0 Å². The SMILES string of the molecule is CCC1(c2ccccc2)CC(Cl)CCO1. The standard InChI is InChI=1S/C13H17ClO/c1-2-13(10-12(14)8-9-15-13)11-6-4-3-5-7-11/h3-7,12H,2,8-10H2,1H3. The van der Waals surface area contributed by atoms with Crippen LogP contribution in [0.1, 0.15) is 31.7 Å². The Morgan fingerprint density at radius 1 is 1.40 bits per heavy atom. The summed E-state index contributed by atoms with van der Waals surface area (Å²) in [5.74, 6) is 0. The summed E-state index contributed by atoms with van der Waals surface area (Å²) < 4.78 is 5.99. The fraction of sp³-hybridized carbons (Fsp3) is 0.538. The maximum atomic E-state index is 6.25. The average molecular weight is 225 g/mol. The summed E-state index contributed by atoms with van der Waals surface area (Å²) >= 11 is 6.25. The Hall–Kier alpha value is -0.530. The second-order valence-corrected chi connectivity index (χ2v) is 4.77. The van der Waals surface area contributed by atoms with Crippen LogP contribution in [0.3, 0.4) is 0 Å². The molecule has 15 heavy (non-hydrogen) atoms. The van der Waals surface area contributed by atoms with Gasteiger partial charge in [0.15, 0.2) is 0 Å². The van der Waals surface area contributed by atoms with Crippen molar-refractivity contribution in [2.75, 3.05) is 6.61 Å². The summed E-state index contributed by atoms with van der Waals surface area (Å²) in [4.78, 5) is 0. The molecule has 0 spiro atoms. The van der Waals surface area contributed by atoms with E-state index >= 15 is 0 Å². The van der Waals surface area contributed by atoms with Crippen molar-refractivity contribution in [1.29, 1.82) is 0 Å². The predicted molar refractivity (Wildman–Crippen MR) is 63.2 cm³/mol. The van der Waals surface area contributed by atoms with Gasteiger partial charge in [0.05, 0.1) is 5.60 Å². The minimum absolute atomic E-state index is 0.147. The van der Waals surface area contributed by atoms with E-state index in [0.29, 0.717) is 0 Å². The second kappa shape index (κ2) is 4.54. The van der Waals surface area contributed by atoms with Crippen LogP contribution in [0.2, 0.25) is 0 Å². The van der Waals surface area contributed by atoms with Gasteiger partial charge in [0.25, 0.3) is 0 Å². The van der Waals surface area contributed by atoms with Crippen molar-refractivity contribution in [2.45, 2.75) is 37.2 Å². The highest BCUT2D eigenvalue weighted by Gasteiger charge is 2.36. The molecule has 0 saturated carbocycles. The Morgan fingerprint density at radius 3 is 2.73 bits per heavy atom. The summed E-state index contributed by atoms with van der Waals surface area (Å²) in [7, 11) is 0. The minimum Gasteiger partial charge on any atom is -0.370 e. The lowest BCUT2D eigenvalue weighted by Gasteiger charge is -2.39. The molecule has 1 fully saturated rings. The lowest BCUT2D eigenvalue weighted by atomic mass is 9.84. The third-order valence-corrected chi connectivity index (χ3v) is 3.60. The predicted octanol–water partition coefficient (Wildman–Crippen LogP) is 3.71. The van der Waals surface area contributed by atoms with Crippen molar-refractivity contribution >= 4 is 11.6 Å². The third-order valence-electron chi connectivity index (χ3n) is 3.23. The Balaban J connectivity index is 2.28. The number of alkyl halides is 1. The molecule has 0 radical (unpaired) electrons. The molecule has 1 aromatic rings. The van der Waals surface area contributed by atoms with Crippen molar-refractivity contribution in [2.24, 2.45) is 0 Å². The zero-order valence-electron chi connectivity index (χ0n) is 9.08. The van der Waals surface area contributed by atoms with Gasteiger partial charge in [0, 0.05) is 12.0 Å². The molecule has 1 nitrogen and oxygen atoms in total. The van der Waals surface area contributed by atoms with Crippen LogP contribution in [0.15, 0.2) is 30.3 Å². The molecule has 1 aliphatic rings. The molecule has 2 atom stereocenters. The van der Waals surface area contributed by atoms with E-state index < -0.39 is 0 Å². The fourth-order valence-corrected chi connectivity index (χ4v) is 2.63. The monoisotopic (exact) mass is 224 g/mol. The van der Waals surface area contributed by atoms with Crippen molar-refractivity contribution in [3.05, 3.63) is 35.9 Å². The molecule has 2 rings (SSSR count). The molecule has 0 amide bonds. The molecular weight excluding hydrogens is 208 g/mol. The topological polar surface area (TPSA) is 9.23 Å². The van der Waals surface area contributed by atoms with Crippen molar-refractivity contribution in [1.82, 2.24) is 0 Å². The zero-order valence-corrected chi connectivity index (χ0v) is 9.83. The molecule has 1 aromatic carbocycles. The van der Waals surface area contributed by atoms with E-state index in [1.165, 1.54) is 5.56 Å². The Morgan fingerprint density at radius 2 is 2.13 bits per heavy atom. The van der Waals surface area contributed by atoms with E-state index in [2.05, 4.69) is 31.2 Å². The molecule has 0 aromatic heterocycles. The molecule has 82 valence electrons. The first-order chi connectivity index (χ1) is 7.27. The second-order valence-electron chi connectivity index (χ2n) is 4.15. The molecule has 1 heterocycles. The van der Waals surface area contributed by atoms with E-state index in [4.69, 9.17) is 16.3 Å². The fourth-order valence-electron chi connectivity index (χ4n) is 2.29. The minimum atomic E-state index is -0.147. The first kappa shape index (κ1) is 11.0.